The van der Waals surface area contributed by atoms with E-state index < -0.39 is 18.2 Å². The molecular weight excluding hydrogens is 465 g/mol. The Morgan fingerprint density at radius 1 is 1.04 bits per heavy atom. The van der Waals surface area contributed by atoms with Gasteiger partial charge in [0.2, 0.25) is 0 Å². The van der Waals surface area contributed by atoms with E-state index in [0.29, 0.717) is 11.5 Å². The molecule has 2 N–H and O–H groups in total. The van der Waals surface area contributed by atoms with Crippen molar-refractivity contribution in [2.24, 2.45) is 4.99 Å². The standard InChI is InChI=1S/C17H17F4N3O.HI/c1-22-17(24-10-12-8-13(18)6-7-14(12)19)23-9-11-4-2-3-5-15(11)25-16(20)21;/h2-8,16H,9-10H2,1H3,(H2,22,23,24);1H. The number of benzene rings is 2. The number of aliphatic imine (C=N–C) groups is 1. The fraction of sp³-hybridized carbons (Fsp3) is 0.235. The molecule has 26 heavy (non-hydrogen) atoms. The molecule has 0 unspecified atom stereocenters. The summed E-state index contributed by atoms with van der Waals surface area (Å²) >= 11 is 0. The van der Waals surface area contributed by atoms with Gasteiger partial charge in [0.15, 0.2) is 5.96 Å². The minimum absolute atomic E-state index is 0. The van der Waals surface area contributed by atoms with Gasteiger partial charge in [0.25, 0.3) is 0 Å². The molecule has 0 aliphatic heterocycles. The van der Waals surface area contributed by atoms with Gasteiger partial charge in [-0.15, -0.1) is 24.0 Å². The number of ether oxygens (including phenoxy) is 1. The predicted octanol–water partition coefficient (Wildman–Crippen LogP) is 4.05. The summed E-state index contributed by atoms with van der Waals surface area (Å²) < 4.78 is 56.0. The van der Waals surface area contributed by atoms with Crippen molar-refractivity contribution in [2.75, 3.05) is 7.05 Å². The van der Waals surface area contributed by atoms with Gasteiger partial charge in [0.1, 0.15) is 17.4 Å². The average molecular weight is 483 g/mol. The minimum atomic E-state index is -2.92. The topological polar surface area (TPSA) is 45.7 Å². The van der Waals surface area contributed by atoms with Crippen LogP contribution in [-0.2, 0) is 13.1 Å². The van der Waals surface area contributed by atoms with Gasteiger partial charge in [-0.05, 0) is 24.3 Å². The Labute approximate surface area is 165 Å². The van der Waals surface area contributed by atoms with Gasteiger partial charge < -0.3 is 15.4 Å². The maximum Gasteiger partial charge on any atom is 0.387 e. The van der Waals surface area contributed by atoms with Gasteiger partial charge in [-0.1, -0.05) is 18.2 Å². The van der Waals surface area contributed by atoms with Crippen LogP contribution in [0.2, 0.25) is 0 Å². The first-order valence-corrected chi connectivity index (χ1v) is 7.40. The van der Waals surface area contributed by atoms with Crippen molar-refractivity contribution in [2.45, 2.75) is 19.7 Å². The molecule has 142 valence electrons. The molecule has 4 nitrogen and oxygen atoms in total. The monoisotopic (exact) mass is 483 g/mol. The number of rotatable bonds is 6. The highest BCUT2D eigenvalue weighted by atomic mass is 127. The Bertz CT molecular complexity index is 744. The van der Waals surface area contributed by atoms with Gasteiger partial charge in [0.05, 0.1) is 0 Å². The van der Waals surface area contributed by atoms with E-state index in [9.17, 15) is 17.6 Å². The van der Waals surface area contributed by atoms with Crippen LogP contribution in [0.4, 0.5) is 17.6 Å². The zero-order valence-corrected chi connectivity index (χ0v) is 16.1. The Morgan fingerprint density at radius 3 is 2.35 bits per heavy atom. The third-order valence-corrected chi connectivity index (χ3v) is 3.31. The fourth-order valence-electron chi connectivity index (χ4n) is 2.12. The number of halogens is 5. The zero-order chi connectivity index (χ0) is 18.2. The first-order valence-electron chi connectivity index (χ1n) is 7.40. The van der Waals surface area contributed by atoms with Crippen LogP contribution in [0.25, 0.3) is 0 Å². The summed E-state index contributed by atoms with van der Waals surface area (Å²) in [5.41, 5.74) is 0.645. The molecule has 0 fully saturated rings. The van der Waals surface area contributed by atoms with E-state index in [1.807, 2.05) is 0 Å². The largest absolute Gasteiger partial charge is 0.434 e. The first-order chi connectivity index (χ1) is 12.0. The molecule has 0 bridgehead atoms. The Hall–Kier alpha value is -2.04. The van der Waals surface area contributed by atoms with Crippen molar-refractivity contribution in [3.8, 4) is 5.75 Å². The van der Waals surface area contributed by atoms with E-state index in [2.05, 4.69) is 20.4 Å². The zero-order valence-electron chi connectivity index (χ0n) is 13.8. The summed E-state index contributed by atoms with van der Waals surface area (Å²) in [6.45, 7) is -2.75. The van der Waals surface area contributed by atoms with Crippen LogP contribution in [0, 0.1) is 11.6 Å². The molecule has 0 spiro atoms. The van der Waals surface area contributed by atoms with Crippen molar-refractivity contribution < 1.29 is 22.3 Å². The van der Waals surface area contributed by atoms with Crippen LogP contribution in [0.5, 0.6) is 5.75 Å². The number of nitrogens with zero attached hydrogens (tertiary/aromatic N) is 1. The van der Waals surface area contributed by atoms with Crippen molar-refractivity contribution in [3.05, 3.63) is 65.2 Å². The highest BCUT2D eigenvalue weighted by Gasteiger charge is 2.10. The van der Waals surface area contributed by atoms with Gasteiger partial charge in [-0.3, -0.25) is 4.99 Å². The molecule has 0 radical (unpaired) electrons. The van der Waals surface area contributed by atoms with Crippen molar-refractivity contribution in [1.82, 2.24) is 10.6 Å². The molecule has 2 aromatic rings. The molecular formula is C17H18F4IN3O. The Kier molecular flexibility index (Phi) is 9.17. The number of para-hydroxylation sites is 1. The molecule has 0 aromatic heterocycles. The number of guanidine groups is 1. The van der Waals surface area contributed by atoms with Crippen molar-refractivity contribution in [1.29, 1.82) is 0 Å². The normalized spacial score (nSPS) is 11.1. The maximum absolute atomic E-state index is 13.6. The molecule has 0 atom stereocenters. The quantitative estimate of drug-likeness (QED) is 0.282. The summed E-state index contributed by atoms with van der Waals surface area (Å²) in [4.78, 5) is 3.95. The number of hydrogen-bond donors (Lipinski definition) is 2. The molecule has 0 aliphatic rings. The smallest absolute Gasteiger partial charge is 0.387 e. The van der Waals surface area contributed by atoms with E-state index in [1.54, 1.807) is 18.2 Å². The Balaban J connectivity index is 0.00000338. The number of nitrogens with one attached hydrogen (secondary N) is 2. The maximum atomic E-state index is 13.6. The average Bonchev–Trinajstić information content (AvgIpc) is 2.58. The fourth-order valence-corrected chi connectivity index (χ4v) is 2.12. The second kappa shape index (κ2) is 10.8. The lowest BCUT2D eigenvalue weighted by Crippen LogP contribution is -2.36. The first kappa shape index (κ1) is 22.0. The van der Waals surface area contributed by atoms with E-state index in [0.717, 1.165) is 18.2 Å². The van der Waals surface area contributed by atoms with Gasteiger partial charge in [-0.2, -0.15) is 8.78 Å². The lowest BCUT2D eigenvalue weighted by Gasteiger charge is -2.14. The Morgan fingerprint density at radius 2 is 1.69 bits per heavy atom. The van der Waals surface area contributed by atoms with Gasteiger partial charge >= 0.3 is 6.61 Å². The van der Waals surface area contributed by atoms with Gasteiger partial charge in [0, 0.05) is 31.3 Å². The van der Waals surface area contributed by atoms with E-state index in [1.165, 1.54) is 13.1 Å². The van der Waals surface area contributed by atoms with Crippen LogP contribution >= 0.6 is 24.0 Å². The van der Waals surface area contributed by atoms with Crippen LogP contribution in [0.3, 0.4) is 0 Å². The third-order valence-electron chi connectivity index (χ3n) is 3.31. The molecule has 0 aliphatic carbocycles. The second-order valence-electron chi connectivity index (χ2n) is 5.00. The molecule has 2 rings (SSSR count). The highest BCUT2D eigenvalue weighted by Crippen LogP contribution is 2.19. The minimum Gasteiger partial charge on any atom is -0.434 e. The van der Waals surface area contributed by atoms with Gasteiger partial charge in [-0.25, -0.2) is 8.78 Å². The lowest BCUT2D eigenvalue weighted by molar-refractivity contribution is -0.0504. The summed E-state index contributed by atoms with van der Waals surface area (Å²) in [6, 6.07) is 9.49. The molecule has 0 saturated carbocycles. The summed E-state index contributed by atoms with van der Waals surface area (Å²) in [5, 5.41) is 5.73. The van der Waals surface area contributed by atoms with Crippen LogP contribution in [-0.4, -0.2) is 19.6 Å². The van der Waals surface area contributed by atoms with E-state index in [-0.39, 0.29) is 48.4 Å². The molecule has 0 saturated heterocycles. The predicted molar refractivity (Wildman–Crippen MR) is 102 cm³/mol. The lowest BCUT2D eigenvalue weighted by atomic mass is 10.2. The molecule has 2 aromatic carbocycles. The molecule has 0 heterocycles. The van der Waals surface area contributed by atoms with Crippen molar-refractivity contribution in [3.63, 3.8) is 0 Å². The molecule has 9 heteroatoms. The van der Waals surface area contributed by atoms with Crippen LogP contribution in [0.1, 0.15) is 11.1 Å². The third kappa shape index (κ3) is 6.70. The highest BCUT2D eigenvalue weighted by molar-refractivity contribution is 14.0. The summed E-state index contributed by atoms with van der Waals surface area (Å²) in [7, 11) is 1.50. The van der Waals surface area contributed by atoms with E-state index in [4.69, 9.17) is 0 Å². The van der Waals surface area contributed by atoms with Crippen molar-refractivity contribution >= 4 is 29.9 Å². The number of alkyl halides is 2. The second-order valence-corrected chi connectivity index (χ2v) is 5.00. The SMILES string of the molecule is CN=C(NCc1cc(F)ccc1F)NCc1ccccc1OC(F)F.I. The summed E-state index contributed by atoms with van der Waals surface area (Å²) in [6.07, 6.45) is 0. The van der Waals surface area contributed by atoms with Crippen LogP contribution in [0.15, 0.2) is 47.5 Å². The van der Waals surface area contributed by atoms with E-state index >= 15 is 0 Å². The molecule has 0 amide bonds. The van der Waals surface area contributed by atoms with Crippen LogP contribution < -0.4 is 15.4 Å². The summed E-state index contributed by atoms with van der Waals surface area (Å²) in [5.74, 6) is -0.730. The number of hydrogen-bond acceptors (Lipinski definition) is 2.